The third kappa shape index (κ3) is 2.32. The molecule has 1 atom stereocenters. The van der Waals surface area contributed by atoms with Crippen molar-refractivity contribution in [3.8, 4) is 5.75 Å². The molecule has 15 heavy (non-hydrogen) atoms. The van der Waals surface area contributed by atoms with Crippen LogP contribution >= 0.6 is 0 Å². The molecule has 0 aromatic heterocycles. The van der Waals surface area contributed by atoms with Crippen LogP contribution in [0.25, 0.3) is 0 Å². The van der Waals surface area contributed by atoms with Crippen molar-refractivity contribution in [3.63, 3.8) is 0 Å². The highest BCUT2D eigenvalue weighted by molar-refractivity contribution is 5.44. The summed E-state index contributed by atoms with van der Waals surface area (Å²) in [7, 11) is 1.70. The van der Waals surface area contributed by atoms with Gasteiger partial charge < -0.3 is 10.5 Å². The van der Waals surface area contributed by atoms with Crippen LogP contribution in [0.2, 0.25) is 0 Å². The molecule has 2 nitrogen and oxygen atoms in total. The van der Waals surface area contributed by atoms with Crippen molar-refractivity contribution in [1.29, 1.82) is 0 Å². The van der Waals surface area contributed by atoms with Crippen LogP contribution in [0.4, 0.5) is 0 Å². The topological polar surface area (TPSA) is 35.2 Å². The van der Waals surface area contributed by atoms with Crippen molar-refractivity contribution in [3.05, 3.63) is 28.8 Å². The van der Waals surface area contributed by atoms with E-state index in [4.69, 9.17) is 10.5 Å². The third-order valence-electron chi connectivity index (χ3n) is 3.08. The molecule has 0 aliphatic rings. The van der Waals surface area contributed by atoms with Crippen molar-refractivity contribution < 1.29 is 4.74 Å². The fourth-order valence-electron chi connectivity index (χ4n) is 1.76. The third-order valence-corrected chi connectivity index (χ3v) is 3.08. The van der Waals surface area contributed by atoms with E-state index < -0.39 is 0 Å². The van der Waals surface area contributed by atoms with E-state index >= 15 is 0 Å². The Morgan fingerprint density at radius 1 is 1.13 bits per heavy atom. The Balaban J connectivity index is 3.17. The van der Waals surface area contributed by atoms with Crippen LogP contribution < -0.4 is 10.5 Å². The van der Waals surface area contributed by atoms with Crippen LogP contribution in [0.1, 0.15) is 36.6 Å². The molecule has 1 unspecified atom stereocenters. The zero-order valence-electron chi connectivity index (χ0n) is 10.3. The molecule has 0 spiro atoms. The maximum atomic E-state index is 6.16. The highest BCUT2D eigenvalue weighted by atomic mass is 16.5. The maximum absolute atomic E-state index is 6.16. The first-order chi connectivity index (χ1) is 6.99. The molecule has 84 valence electrons. The minimum absolute atomic E-state index is 0.106. The normalized spacial score (nSPS) is 13.0. The maximum Gasteiger partial charge on any atom is 0.122 e. The van der Waals surface area contributed by atoms with Gasteiger partial charge in [-0.05, 0) is 42.5 Å². The van der Waals surface area contributed by atoms with Gasteiger partial charge in [0, 0.05) is 6.04 Å². The van der Waals surface area contributed by atoms with E-state index in [1.165, 1.54) is 16.7 Å². The van der Waals surface area contributed by atoms with E-state index in [-0.39, 0.29) is 6.04 Å². The Hall–Kier alpha value is -1.02. The van der Waals surface area contributed by atoms with Gasteiger partial charge in [-0.15, -0.1) is 0 Å². The number of hydrogen-bond acceptors (Lipinski definition) is 2. The van der Waals surface area contributed by atoms with Crippen molar-refractivity contribution >= 4 is 0 Å². The lowest BCUT2D eigenvalue weighted by Crippen LogP contribution is -2.18. The first-order valence-electron chi connectivity index (χ1n) is 5.38. The Bertz CT molecular complexity index is 345. The van der Waals surface area contributed by atoms with Crippen molar-refractivity contribution in [2.75, 3.05) is 7.11 Å². The summed E-state index contributed by atoms with van der Waals surface area (Å²) in [5.41, 5.74) is 9.82. The molecule has 2 N–H and O–H groups in total. The fourth-order valence-corrected chi connectivity index (χ4v) is 1.76. The molecule has 0 heterocycles. The molecule has 1 rings (SSSR count). The molecular formula is C13H21NO. The highest BCUT2D eigenvalue weighted by Gasteiger charge is 2.15. The number of benzene rings is 1. The second-order valence-corrected chi connectivity index (χ2v) is 4.38. The van der Waals surface area contributed by atoms with Gasteiger partial charge in [0.25, 0.3) is 0 Å². The quantitative estimate of drug-likeness (QED) is 0.827. The summed E-state index contributed by atoms with van der Waals surface area (Å²) in [6.45, 7) is 8.47. The van der Waals surface area contributed by atoms with Gasteiger partial charge in [-0.25, -0.2) is 0 Å². The molecule has 0 amide bonds. The Kier molecular flexibility index (Phi) is 3.75. The Morgan fingerprint density at radius 2 is 1.73 bits per heavy atom. The number of hydrogen-bond donors (Lipinski definition) is 1. The average molecular weight is 207 g/mol. The van der Waals surface area contributed by atoms with E-state index in [9.17, 15) is 0 Å². The van der Waals surface area contributed by atoms with E-state index in [1.807, 2.05) is 6.07 Å². The minimum Gasteiger partial charge on any atom is -0.496 e. The van der Waals surface area contributed by atoms with Gasteiger partial charge in [0.15, 0.2) is 0 Å². The standard InChI is InChI=1S/C13H21NO/c1-8(2)13(14)11-6-7-12(15-5)10(4)9(11)3/h6-8,13H,14H2,1-5H3. The van der Waals surface area contributed by atoms with E-state index in [1.54, 1.807) is 7.11 Å². The molecule has 0 fully saturated rings. The van der Waals surface area contributed by atoms with Crippen LogP contribution in [0.5, 0.6) is 5.75 Å². The van der Waals surface area contributed by atoms with Gasteiger partial charge in [0.2, 0.25) is 0 Å². The summed E-state index contributed by atoms with van der Waals surface area (Å²) in [6.07, 6.45) is 0. The van der Waals surface area contributed by atoms with Gasteiger partial charge in [0.1, 0.15) is 5.75 Å². The van der Waals surface area contributed by atoms with Gasteiger partial charge >= 0.3 is 0 Å². The van der Waals surface area contributed by atoms with E-state index in [0.29, 0.717) is 5.92 Å². The molecule has 0 saturated heterocycles. The number of methoxy groups -OCH3 is 1. The molecule has 0 aliphatic carbocycles. The predicted molar refractivity (Wildman–Crippen MR) is 64.2 cm³/mol. The molecule has 0 bridgehead atoms. The first-order valence-corrected chi connectivity index (χ1v) is 5.38. The lowest BCUT2D eigenvalue weighted by atomic mass is 9.91. The smallest absolute Gasteiger partial charge is 0.122 e. The lowest BCUT2D eigenvalue weighted by molar-refractivity contribution is 0.410. The zero-order chi connectivity index (χ0) is 11.6. The van der Waals surface area contributed by atoms with Crippen molar-refractivity contribution in [1.82, 2.24) is 0 Å². The largest absolute Gasteiger partial charge is 0.496 e. The molecule has 0 aliphatic heterocycles. The van der Waals surface area contributed by atoms with E-state index in [0.717, 1.165) is 5.75 Å². The molecule has 0 saturated carbocycles. The first kappa shape index (κ1) is 12.1. The predicted octanol–water partition coefficient (Wildman–Crippen LogP) is 2.97. The monoisotopic (exact) mass is 207 g/mol. The van der Waals surface area contributed by atoms with Gasteiger partial charge in [-0.3, -0.25) is 0 Å². The van der Waals surface area contributed by atoms with Gasteiger partial charge in [0.05, 0.1) is 7.11 Å². The van der Waals surface area contributed by atoms with Crippen molar-refractivity contribution in [2.45, 2.75) is 33.7 Å². The highest BCUT2D eigenvalue weighted by Crippen LogP contribution is 2.29. The van der Waals surface area contributed by atoms with Crippen LogP contribution in [0.3, 0.4) is 0 Å². The number of ether oxygens (including phenoxy) is 1. The molecular weight excluding hydrogens is 186 g/mol. The Labute approximate surface area is 92.4 Å². The number of nitrogens with two attached hydrogens (primary N) is 1. The van der Waals surface area contributed by atoms with Crippen LogP contribution in [0.15, 0.2) is 12.1 Å². The van der Waals surface area contributed by atoms with Crippen molar-refractivity contribution in [2.24, 2.45) is 11.7 Å². The summed E-state index contributed by atoms with van der Waals surface area (Å²) in [5.74, 6) is 1.39. The minimum atomic E-state index is 0.106. The van der Waals surface area contributed by atoms with Gasteiger partial charge in [-0.2, -0.15) is 0 Å². The molecule has 1 aromatic rings. The van der Waals surface area contributed by atoms with Crippen LogP contribution in [-0.2, 0) is 0 Å². The van der Waals surface area contributed by atoms with E-state index in [2.05, 4.69) is 33.8 Å². The molecule has 1 aromatic carbocycles. The zero-order valence-corrected chi connectivity index (χ0v) is 10.3. The molecule has 0 radical (unpaired) electrons. The fraction of sp³-hybridized carbons (Fsp3) is 0.538. The summed E-state index contributed by atoms with van der Waals surface area (Å²) in [6, 6.07) is 4.18. The second kappa shape index (κ2) is 4.67. The summed E-state index contributed by atoms with van der Waals surface area (Å²) in [4.78, 5) is 0. The van der Waals surface area contributed by atoms with Crippen LogP contribution in [0, 0.1) is 19.8 Å². The number of rotatable bonds is 3. The second-order valence-electron chi connectivity index (χ2n) is 4.38. The summed E-state index contributed by atoms with van der Waals surface area (Å²) >= 11 is 0. The SMILES string of the molecule is COc1ccc(C(N)C(C)C)c(C)c1C. The average Bonchev–Trinajstić information content (AvgIpc) is 2.21. The Morgan fingerprint density at radius 3 is 2.20 bits per heavy atom. The summed E-state index contributed by atoms with van der Waals surface area (Å²) < 4.78 is 5.28. The molecule has 2 heteroatoms. The lowest BCUT2D eigenvalue weighted by Gasteiger charge is -2.20. The van der Waals surface area contributed by atoms with Gasteiger partial charge in [-0.1, -0.05) is 19.9 Å². The summed E-state index contributed by atoms with van der Waals surface area (Å²) in [5, 5.41) is 0. The van der Waals surface area contributed by atoms with Crippen LogP contribution in [-0.4, -0.2) is 7.11 Å².